The molecule has 1 aliphatic heterocycles. The Morgan fingerprint density at radius 3 is 2.55 bits per heavy atom. The monoisotopic (exact) mass is 300 g/mol. The Kier molecular flexibility index (Phi) is 5.85. The Morgan fingerprint density at radius 1 is 1.18 bits per heavy atom. The van der Waals surface area contributed by atoms with Crippen LogP contribution in [0.1, 0.15) is 73.6 Å². The van der Waals surface area contributed by atoms with E-state index in [-0.39, 0.29) is 0 Å². The first-order chi connectivity index (χ1) is 10.3. The molecule has 0 aromatic carbocycles. The maximum atomic E-state index is 4.61. The summed E-state index contributed by atoms with van der Waals surface area (Å²) in [5, 5.41) is 5.07. The van der Waals surface area contributed by atoms with Gasteiger partial charge in [-0.25, -0.2) is 0 Å². The molecule has 0 bridgehead atoms. The van der Waals surface area contributed by atoms with Gasteiger partial charge in [-0.15, -0.1) is 0 Å². The van der Waals surface area contributed by atoms with Gasteiger partial charge in [0.1, 0.15) is 7.28 Å². The average molecular weight is 300 g/mol. The predicted octanol–water partition coefficient (Wildman–Crippen LogP) is 4.47. The fourth-order valence-corrected chi connectivity index (χ4v) is 4.25. The van der Waals surface area contributed by atoms with Crippen molar-refractivity contribution < 1.29 is 0 Å². The minimum atomic E-state index is 0.459. The molecule has 0 radical (unpaired) electrons. The number of allylic oxidation sites excluding steroid dienone is 1. The van der Waals surface area contributed by atoms with Crippen LogP contribution in [0.15, 0.2) is 16.3 Å². The Labute approximate surface area is 139 Å². The van der Waals surface area contributed by atoms with E-state index in [1.807, 2.05) is 0 Å². The van der Waals surface area contributed by atoms with E-state index in [0.29, 0.717) is 17.0 Å². The highest BCUT2D eigenvalue weighted by Gasteiger charge is 2.29. The lowest BCUT2D eigenvalue weighted by atomic mass is 9.45. The van der Waals surface area contributed by atoms with Crippen LogP contribution < -0.4 is 5.43 Å². The van der Waals surface area contributed by atoms with Crippen LogP contribution in [0.4, 0.5) is 0 Å². The zero-order chi connectivity index (χ0) is 16.3. The Bertz CT molecular complexity index is 446. The zero-order valence-electron chi connectivity index (χ0n) is 15.6. The summed E-state index contributed by atoms with van der Waals surface area (Å²) in [6.45, 7) is 14.0. The van der Waals surface area contributed by atoms with Crippen molar-refractivity contribution >= 4 is 20.3 Å². The molecule has 122 valence electrons. The van der Waals surface area contributed by atoms with Crippen LogP contribution in [-0.2, 0) is 0 Å². The molecule has 0 saturated heterocycles. The fraction of sp³-hybridized carbons (Fsp3) is 0.833. The van der Waals surface area contributed by atoms with Crippen molar-refractivity contribution in [2.75, 3.05) is 0 Å². The number of hydrogen-bond donors (Lipinski definition) is 1. The minimum absolute atomic E-state index is 0.459. The maximum Gasteiger partial charge on any atom is 0.184 e. The van der Waals surface area contributed by atoms with Gasteiger partial charge in [0.25, 0.3) is 0 Å². The maximum absolute atomic E-state index is 4.61. The first-order valence-corrected chi connectivity index (χ1v) is 9.28. The van der Waals surface area contributed by atoms with Crippen molar-refractivity contribution in [1.82, 2.24) is 5.43 Å². The van der Waals surface area contributed by atoms with Gasteiger partial charge in [-0.1, -0.05) is 76.4 Å². The van der Waals surface area contributed by atoms with Gasteiger partial charge in [-0.2, -0.15) is 5.10 Å². The first kappa shape index (κ1) is 17.7. The van der Waals surface area contributed by atoms with Crippen LogP contribution >= 0.6 is 0 Å². The summed E-state index contributed by atoms with van der Waals surface area (Å²) < 4.78 is 0. The lowest BCUT2D eigenvalue weighted by Gasteiger charge is -2.33. The topological polar surface area (TPSA) is 24.4 Å². The largest absolute Gasteiger partial charge is 0.292 e. The summed E-state index contributed by atoms with van der Waals surface area (Å²) in [5.74, 6) is 2.21. The molecule has 1 fully saturated rings. The molecule has 2 nitrogen and oxygen atoms in total. The Hall–Kier alpha value is -0.660. The summed E-state index contributed by atoms with van der Waals surface area (Å²) in [4.78, 5) is 0. The van der Waals surface area contributed by atoms with Crippen molar-refractivity contribution in [2.24, 2.45) is 11.0 Å². The third kappa shape index (κ3) is 4.93. The van der Waals surface area contributed by atoms with Crippen molar-refractivity contribution in [1.29, 1.82) is 0 Å². The van der Waals surface area contributed by atoms with Crippen molar-refractivity contribution in [3.8, 4) is 0 Å². The molecule has 2 atom stereocenters. The van der Waals surface area contributed by atoms with Crippen LogP contribution in [0.25, 0.3) is 0 Å². The van der Waals surface area contributed by atoms with Crippen LogP contribution in [0.3, 0.4) is 0 Å². The van der Waals surface area contributed by atoms with Crippen molar-refractivity contribution in [2.45, 2.75) is 90.6 Å². The van der Waals surface area contributed by atoms with E-state index in [9.17, 15) is 0 Å². The molecule has 0 amide bonds. The highest BCUT2D eigenvalue weighted by atomic mass is 15.3. The quantitative estimate of drug-likeness (QED) is 0.764. The van der Waals surface area contributed by atoms with Gasteiger partial charge in [0.2, 0.25) is 0 Å². The van der Waals surface area contributed by atoms with Crippen LogP contribution in [0.5, 0.6) is 0 Å². The number of hydrogen-bond acceptors (Lipinski definition) is 2. The summed E-state index contributed by atoms with van der Waals surface area (Å²) >= 11 is 0. The average Bonchev–Trinajstić information content (AvgIpc) is 2.35. The molecule has 0 aromatic heterocycles. The molecule has 1 saturated carbocycles. The summed E-state index contributed by atoms with van der Waals surface area (Å²) in [6, 6.07) is 0. The van der Waals surface area contributed by atoms with Crippen LogP contribution in [-0.4, -0.2) is 20.3 Å². The van der Waals surface area contributed by atoms with E-state index in [1.165, 1.54) is 50.7 Å². The molecule has 4 heteroatoms. The molecule has 1 N–H and O–H groups in total. The van der Waals surface area contributed by atoms with E-state index >= 15 is 0 Å². The SMILES string of the molecule is CC1=NNC(BC(C)C)=C2CCC(BC(C)(C)C)CCCC12. The number of rotatable bonds is 3. The Balaban J connectivity index is 2.13. The normalized spacial score (nSPS) is 26.6. The molecule has 1 aliphatic carbocycles. The second kappa shape index (κ2) is 7.27. The molecular weight excluding hydrogens is 266 g/mol. The van der Waals surface area contributed by atoms with Gasteiger partial charge in [0.05, 0.1) is 0 Å². The molecule has 1 heterocycles. The third-order valence-electron chi connectivity index (χ3n) is 5.12. The van der Waals surface area contributed by atoms with Gasteiger partial charge in [0.15, 0.2) is 7.28 Å². The molecule has 22 heavy (non-hydrogen) atoms. The fourth-order valence-electron chi connectivity index (χ4n) is 4.25. The van der Waals surface area contributed by atoms with Gasteiger partial charge in [-0.05, 0) is 25.4 Å². The predicted molar refractivity (Wildman–Crippen MR) is 103 cm³/mol. The number of hydrazone groups is 1. The van der Waals surface area contributed by atoms with Gasteiger partial charge in [0, 0.05) is 11.6 Å². The lowest BCUT2D eigenvalue weighted by Crippen LogP contribution is -2.31. The standard InChI is InChI=1S/C18H34B2N2/c1-12(2)19-17-16-11-10-14(20-18(4,5)6)8-7-9-15(16)13(3)21-22-17/h12,14-15,19-20,22H,7-11H2,1-6H3. The van der Waals surface area contributed by atoms with E-state index in [0.717, 1.165) is 13.1 Å². The zero-order valence-corrected chi connectivity index (χ0v) is 15.6. The van der Waals surface area contributed by atoms with Crippen molar-refractivity contribution in [3.63, 3.8) is 0 Å². The highest BCUT2D eigenvalue weighted by Crippen LogP contribution is 2.39. The molecule has 2 rings (SSSR count). The molecule has 2 aliphatic rings. The highest BCUT2D eigenvalue weighted by molar-refractivity contribution is 6.47. The summed E-state index contributed by atoms with van der Waals surface area (Å²) in [6.07, 6.45) is 6.69. The van der Waals surface area contributed by atoms with E-state index in [4.69, 9.17) is 0 Å². The summed E-state index contributed by atoms with van der Waals surface area (Å²) in [7, 11) is 2.51. The van der Waals surface area contributed by atoms with E-state index < -0.39 is 0 Å². The van der Waals surface area contributed by atoms with Gasteiger partial charge >= 0.3 is 0 Å². The number of nitrogens with zero attached hydrogens (tertiary/aromatic N) is 1. The second-order valence-electron chi connectivity index (χ2n) is 9.12. The van der Waals surface area contributed by atoms with Crippen LogP contribution in [0.2, 0.25) is 16.9 Å². The van der Waals surface area contributed by atoms with Crippen LogP contribution in [0, 0.1) is 5.92 Å². The van der Waals surface area contributed by atoms with E-state index in [1.54, 1.807) is 5.57 Å². The minimum Gasteiger partial charge on any atom is -0.292 e. The molecule has 2 unspecified atom stereocenters. The smallest absolute Gasteiger partial charge is 0.184 e. The van der Waals surface area contributed by atoms with Gasteiger partial charge < -0.3 is 0 Å². The molecular formula is C18H34B2N2. The first-order valence-electron chi connectivity index (χ1n) is 9.28. The van der Waals surface area contributed by atoms with Crippen molar-refractivity contribution in [3.05, 3.63) is 11.2 Å². The van der Waals surface area contributed by atoms with E-state index in [2.05, 4.69) is 52.1 Å². The lowest BCUT2D eigenvalue weighted by molar-refractivity contribution is 0.505. The molecule has 0 aromatic rings. The number of fused-ring (bicyclic) bond motifs is 1. The summed E-state index contributed by atoms with van der Waals surface area (Å²) in [5.41, 5.74) is 7.79. The van der Waals surface area contributed by atoms with Gasteiger partial charge in [-0.3, -0.25) is 5.43 Å². The Morgan fingerprint density at radius 2 is 1.91 bits per heavy atom. The number of nitrogens with one attached hydrogen (secondary N) is 1. The third-order valence-corrected chi connectivity index (χ3v) is 5.12. The second-order valence-corrected chi connectivity index (χ2v) is 9.12. The molecule has 0 spiro atoms.